The molecule has 7 heteroatoms. The average Bonchev–Trinajstić information content (AvgIpc) is 2.62. The molecule has 2 rings (SSSR count). The van der Waals surface area contributed by atoms with Gasteiger partial charge in [0.1, 0.15) is 11.8 Å². The Kier molecular flexibility index (Phi) is 6.23. The van der Waals surface area contributed by atoms with Crippen LogP contribution < -0.4 is 10.1 Å². The fourth-order valence-corrected chi connectivity index (χ4v) is 2.34. The molecule has 0 radical (unpaired) electrons. The molecule has 0 heterocycles. The normalized spacial score (nSPS) is 12.1. The summed E-state index contributed by atoms with van der Waals surface area (Å²) in [4.78, 5) is 35.5. The van der Waals surface area contributed by atoms with Crippen molar-refractivity contribution >= 4 is 29.3 Å². The predicted molar refractivity (Wildman–Crippen MR) is 101 cm³/mol. The first-order chi connectivity index (χ1) is 12.6. The Hall–Kier alpha value is -2.86. The van der Waals surface area contributed by atoms with E-state index < -0.39 is 23.5 Å². The average molecular weight is 390 g/mol. The lowest BCUT2D eigenvalue weighted by atomic mass is 10.0. The molecule has 0 saturated carbocycles. The molecule has 1 amide bonds. The monoisotopic (exact) mass is 389 g/mol. The Labute approximate surface area is 162 Å². The lowest BCUT2D eigenvalue weighted by Gasteiger charge is -2.26. The zero-order valence-electron chi connectivity index (χ0n) is 15.2. The van der Waals surface area contributed by atoms with E-state index in [1.54, 1.807) is 48.5 Å². The second-order valence-corrected chi connectivity index (χ2v) is 6.94. The van der Waals surface area contributed by atoms with Gasteiger partial charge >= 0.3 is 5.97 Å². The number of rotatable bonds is 7. The molecule has 2 aromatic carbocycles. The summed E-state index contributed by atoms with van der Waals surface area (Å²) in [6.45, 7) is 4.43. The molecule has 0 spiro atoms. The van der Waals surface area contributed by atoms with Gasteiger partial charge in [0, 0.05) is 16.1 Å². The van der Waals surface area contributed by atoms with Crippen molar-refractivity contribution in [3.63, 3.8) is 0 Å². The molecule has 2 N–H and O–H groups in total. The summed E-state index contributed by atoms with van der Waals surface area (Å²) in [6.07, 6.45) is 0. The van der Waals surface area contributed by atoms with Gasteiger partial charge in [0.05, 0.1) is 0 Å². The third-order valence-electron chi connectivity index (χ3n) is 3.86. The first-order valence-electron chi connectivity index (χ1n) is 8.23. The minimum Gasteiger partial charge on any atom is -0.480 e. The third-order valence-corrected chi connectivity index (χ3v) is 4.11. The molecule has 0 aliphatic carbocycles. The highest BCUT2D eigenvalue weighted by Gasteiger charge is 2.32. The maximum Gasteiger partial charge on any atom is 0.325 e. The van der Waals surface area contributed by atoms with E-state index in [4.69, 9.17) is 21.4 Å². The van der Waals surface area contributed by atoms with E-state index in [-0.39, 0.29) is 5.78 Å². The standard InChI is InChI=1S/C20H20ClNO5/c1-12(18(24)25)22-19(26)20(2,3)27-16-10-6-14(7-11-16)17(23)13-4-8-15(21)9-5-13/h4-12H,1-3H3,(H,22,26)(H,24,25). The van der Waals surface area contributed by atoms with E-state index in [0.717, 1.165) is 0 Å². The van der Waals surface area contributed by atoms with Crippen LogP contribution in [0.2, 0.25) is 5.02 Å². The zero-order chi connectivity index (χ0) is 20.2. The lowest BCUT2D eigenvalue weighted by Crippen LogP contribution is -2.51. The quantitative estimate of drug-likeness (QED) is 0.708. The number of ether oxygens (including phenoxy) is 1. The topological polar surface area (TPSA) is 92.7 Å². The van der Waals surface area contributed by atoms with Crippen molar-refractivity contribution in [1.82, 2.24) is 5.32 Å². The molecule has 1 unspecified atom stereocenters. The van der Waals surface area contributed by atoms with Crippen LogP contribution in [0.15, 0.2) is 48.5 Å². The molecule has 142 valence electrons. The zero-order valence-corrected chi connectivity index (χ0v) is 15.9. The molecule has 0 fully saturated rings. The highest BCUT2D eigenvalue weighted by Crippen LogP contribution is 2.21. The number of benzene rings is 2. The number of hydrogen-bond acceptors (Lipinski definition) is 4. The van der Waals surface area contributed by atoms with Crippen LogP contribution in [0.1, 0.15) is 36.7 Å². The van der Waals surface area contributed by atoms with Crippen molar-refractivity contribution in [2.24, 2.45) is 0 Å². The van der Waals surface area contributed by atoms with Crippen molar-refractivity contribution in [2.45, 2.75) is 32.4 Å². The number of halogens is 1. The highest BCUT2D eigenvalue weighted by molar-refractivity contribution is 6.30. The summed E-state index contributed by atoms with van der Waals surface area (Å²) in [5, 5.41) is 11.8. The Morgan fingerprint density at radius 1 is 1.00 bits per heavy atom. The van der Waals surface area contributed by atoms with E-state index in [9.17, 15) is 14.4 Å². The number of hydrogen-bond donors (Lipinski definition) is 2. The van der Waals surface area contributed by atoms with Crippen LogP contribution in [0.5, 0.6) is 5.75 Å². The van der Waals surface area contributed by atoms with Crippen LogP contribution in [-0.4, -0.2) is 34.4 Å². The molecule has 0 aliphatic heterocycles. The minimum absolute atomic E-state index is 0.162. The van der Waals surface area contributed by atoms with Gasteiger partial charge in [-0.15, -0.1) is 0 Å². The molecular formula is C20H20ClNO5. The first-order valence-corrected chi connectivity index (χ1v) is 8.61. The molecule has 27 heavy (non-hydrogen) atoms. The number of carboxylic acids is 1. The summed E-state index contributed by atoms with van der Waals surface area (Å²) in [5.74, 6) is -1.47. The highest BCUT2D eigenvalue weighted by atomic mass is 35.5. The van der Waals surface area contributed by atoms with Gasteiger partial charge in [0.15, 0.2) is 11.4 Å². The van der Waals surface area contributed by atoms with Gasteiger partial charge in [-0.05, 0) is 69.3 Å². The number of carbonyl (C=O) groups excluding carboxylic acids is 2. The van der Waals surface area contributed by atoms with E-state index in [2.05, 4.69) is 5.32 Å². The SMILES string of the molecule is CC(NC(=O)C(C)(C)Oc1ccc(C(=O)c2ccc(Cl)cc2)cc1)C(=O)O. The fraction of sp³-hybridized carbons (Fsp3) is 0.250. The van der Waals surface area contributed by atoms with Gasteiger partial charge in [0.25, 0.3) is 5.91 Å². The largest absolute Gasteiger partial charge is 0.480 e. The van der Waals surface area contributed by atoms with Gasteiger partial charge in [-0.25, -0.2) is 0 Å². The van der Waals surface area contributed by atoms with Crippen molar-refractivity contribution in [2.75, 3.05) is 0 Å². The second kappa shape index (κ2) is 8.22. The van der Waals surface area contributed by atoms with Crippen molar-refractivity contribution in [1.29, 1.82) is 0 Å². The molecule has 0 aliphatic rings. The van der Waals surface area contributed by atoms with Crippen molar-refractivity contribution in [3.05, 3.63) is 64.7 Å². The van der Waals surface area contributed by atoms with Crippen LogP contribution in [0.4, 0.5) is 0 Å². The van der Waals surface area contributed by atoms with Crippen LogP contribution >= 0.6 is 11.6 Å². The molecule has 1 atom stereocenters. The Bertz CT molecular complexity index is 844. The van der Waals surface area contributed by atoms with Gasteiger partial charge < -0.3 is 15.2 Å². The number of ketones is 1. The van der Waals surface area contributed by atoms with E-state index >= 15 is 0 Å². The fourth-order valence-electron chi connectivity index (χ4n) is 2.22. The molecule has 2 aromatic rings. The number of nitrogens with one attached hydrogen (secondary N) is 1. The summed E-state index contributed by atoms with van der Waals surface area (Å²) < 4.78 is 5.67. The second-order valence-electron chi connectivity index (χ2n) is 6.51. The Morgan fingerprint density at radius 3 is 1.96 bits per heavy atom. The van der Waals surface area contributed by atoms with Crippen molar-refractivity contribution < 1.29 is 24.2 Å². The summed E-state index contributed by atoms with van der Waals surface area (Å²) in [6, 6.07) is 11.9. The predicted octanol–water partition coefficient (Wildman–Crippen LogP) is 3.32. The van der Waals surface area contributed by atoms with E-state index in [1.807, 2.05) is 0 Å². The van der Waals surface area contributed by atoms with Gasteiger partial charge in [0.2, 0.25) is 0 Å². The van der Waals surface area contributed by atoms with Crippen LogP contribution in [0, 0.1) is 0 Å². The van der Waals surface area contributed by atoms with Crippen LogP contribution in [-0.2, 0) is 9.59 Å². The number of amides is 1. The van der Waals surface area contributed by atoms with Gasteiger partial charge in [-0.1, -0.05) is 11.6 Å². The summed E-state index contributed by atoms with van der Waals surface area (Å²) >= 11 is 5.83. The van der Waals surface area contributed by atoms with Crippen molar-refractivity contribution in [3.8, 4) is 5.75 Å². The van der Waals surface area contributed by atoms with Gasteiger partial charge in [-0.3, -0.25) is 14.4 Å². The Balaban J connectivity index is 2.08. The van der Waals surface area contributed by atoms with E-state index in [1.165, 1.54) is 20.8 Å². The number of carbonyl (C=O) groups is 3. The third kappa shape index (κ3) is 5.31. The summed E-state index contributed by atoms with van der Waals surface area (Å²) in [7, 11) is 0. The number of aliphatic carboxylic acids is 1. The number of carboxylic acid groups (broad SMARTS) is 1. The first kappa shape index (κ1) is 20.5. The van der Waals surface area contributed by atoms with E-state index in [0.29, 0.717) is 21.9 Å². The smallest absolute Gasteiger partial charge is 0.325 e. The molecule has 6 nitrogen and oxygen atoms in total. The van der Waals surface area contributed by atoms with Gasteiger partial charge in [-0.2, -0.15) is 0 Å². The molecule has 0 saturated heterocycles. The maximum atomic E-state index is 12.4. The lowest BCUT2D eigenvalue weighted by molar-refractivity contribution is -0.144. The molecular weight excluding hydrogens is 370 g/mol. The maximum absolute atomic E-state index is 12.4. The summed E-state index contributed by atoms with van der Waals surface area (Å²) in [5.41, 5.74) is -0.312. The molecule has 0 bridgehead atoms. The molecule has 0 aromatic heterocycles. The minimum atomic E-state index is -1.29. The van der Waals surface area contributed by atoms with Crippen LogP contribution in [0.3, 0.4) is 0 Å². The Morgan fingerprint density at radius 2 is 1.48 bits per heavy atom. The van der Waals surface area contributed by atoms with Crippen LogP contribution in [0.25, 0.3) is 0 Å².